The molecule has 1 saturated heterocycles. The highest BCUT2D eigenvalue weighted by Crippen LogP contribution is 2.26. The van der Waals surface area contributed by atoms with Gasteiger partial charge in [-0.1, -0.05) is 69.9 Å². The average molecular weight is 462 g/mol. The predicted octanol–water partition coefficient (Wildman–Crippen LogP) is 4.84. The second kappa shape index (κ2) is 13.5. The summed E-state index contributed by atoms with van der Waals surface area (Å²) in [6.07, 6.45) is 6.19. The van der Waals surface area contributed by atoms with E-state index in [0.29, 0.717) is 39.1 Å². The third kappa shape index (κ3) is 7.37. The third-order valence-electron chi connectivity index (χ3n) is 6.57. The summed E-state index contributed by atoms with van der Waals surface area (Å²) < 4.78 is 5.41. The SMILES string of the molecule is CCCCCC[C@H](C(=O)O)C(=O)[N@+](C)(CCC)C(=O)N1CCC[C@@H]1COCc1ccccc1. The van der Waals surface area contributed by atoms with Crippen molar-refractivity contribution in [3.63, 3.8) is 0 Å². The Morgan fingerprint density at radius 3 is 2.48 bits per heavy atom. The molecule has 184 valence electrons. The number of benzene rings is 1. The molecule has 0 bridgehead atoms. The van der Waals surface area contributed by atoms with Gasteiger partial charge in [-0.25, -0.2) is 9.59 Å². The van der Waals surface area contributed by atoms with E-state index in [9.17, 15) is 19.5 Å². The van der Waals surface area contributed by atoms with Crippen molar-refractivity contribution in [2.75, 3.05) is 26.7 Å². The number of carboxylic acids is 1. The summed E-state index contributed by atoms with van der Waals surface area (Å²) in [5, 5.41) is 9.78. The van der Waals surface area contributed by atoms with Crippen molar-refractivity contribution < 1.29 is 28.7 Å². The number of aliphatic carboxylic acids is 1. The molecule has 1 aliphatic heterocycles. The van der Waals surface area contributed by atoms with Gasteiger partial charge >= 0.3 is 17.9 Å². The number of quaternary nitrogens is 1. The van der Waals surface area contributed by atoms with Gasteiger partial charge < -0.3 is 9.84 Å². The van der Waals surface area contributed by atoms with E-state index in [1.165, 1.54) is 0 Å². The average Bonchev–Trinajstić information content (AvgIpc) is 3.27. The molecule has 1 fully saturated rings. The number of hydrogen-bond acceptors (Lipinski definition) is 4. The summed E-state index contributed by atoms with van der Waals surface area (Å²) in [7, 11) is 1.59. The summed E-state index contributed by atoms with van der Waals surface area (Å²) in [6, 6.07) is 9.48. The minimum absolute atomic E-state index is 0.101. The zero-order chi connectivity index (χ0) is 24.3. The Kier molecular flexibility index (Phi) is 11.0. The summed E-state index contributed by atoms with van der Waals surface area (Å²) in [6.45, 7) is 5.74. The zero-order valence-corrected chi connectivity index (χ0v) is 20.5. The largest absolute Gasteiger partial charge is 0.481 e. The molecule has 1 aromatic carbocycles. The highest BCUT2D eigenvalue weighted by molar-refractivity contribution is 5.97. The van der Waals surface area contributed by atoms with Crippen LogP contribution >= 0.6 is 0 Å². The topological polar surface area (TPSA) is 83.9 Å². The first-order valence-electron chi connectivity index (χ1n) is 12.4. The summed E-state index contributed by atoms with van der Waals surface area (Å²) in [5.74, 6) is -2.78. The van der Waals surface area contributed by atoms with Crippen molar-refractivity contribution in [1.29, 1.82) is 0 Å². The van der Waals surface area contributed by atoms with Crippen molar-refractivity contribution in [2.45, 2.75) is 77.9 Å². The fourth-order valence-electron chi connectivity index (χ4n) is 4.65. The van der Waals surface area contributed by atoms with Crippen LogP contribution in [0.2, 0.25) is 0 Å². The van der Waals surface area contributed by atoms with Crippen molar-refractivity contribution in [2.24, 2.45) is 5.92 Å². The molecular weight excluding hydrogens is 420 g/mol. The molecule has 7 heteroatoms. The maximum atomic E-state index is 13.7. The molecule has 1 aliphatic rings. The van der Waals surface area contributed by atoms with E-state index >= 15 is 0 Å². The van der Waals surface area contributed by atoms with Crippen LogP contribution < -0.4 is 0 Å². The molecule has 3 amide bonds. The first-order valence-corrected chi connectivity index (χ1v) is 12.4. The molecule has 3 atom stereocenters. The number of unbranched alkanes of at least 4 members (excludes halogenated alkanes) is 3. The fourth-order valence-corrected chi connectivity index (χ4v) is 4.65. The van der Waals surface area contributed by atoms with Crippen molar-refractivity contribution in [3.05, 3.63) is 35.9 Å². The smallest absolute Gasteiger partial charge is 0.426 e. The number of rotatable bonds is 13. The lowest BCUT2D eigenvalue weighted by molar-refractivity contribution is -0.758. The second-order valence-corrected chi connectivity index (χ2v) is 9.27. The summed E-state index contributed by atoms with van der Waals surface area (Å²) in [5.41, 5.74) is 1.07. The van der Waals surface area contributed by atoms with Crippen LogP contribution in [0.5, 0.6) is 0 Å². The third-order valence-corrected chi connectivity index (χ3v) is 6.57. The molecule has 0 spiro atoms. The first-order chi connectivity index (χ1) is 15.8. The zero-order valence-electron chi connectivity index (χ0n) is 20.5. The molecule has 33 heavy (non-hydrogen) atoms. The van der Waals surface area contributed by atoms with E-state index in [1.807, 2.05) is 37.3 Å². The Hall–Kier alpha value is -2.25. The molecule has 7 nitrogen and oxygen atoms in total. The Morgan fingerprint density at radius 2 is 1.85 bits per heavy atom. The van der Waals surface area contributed by atoms with E-state index in [0.717, 1.165) is 37.7 Å². The van der Waals surface area contributed by atoms with Crippen LogP contribution in [-0.2, 0) is 20.9 Å². The minimum atomic E-state index is -1.15. The van der Waals surface area contributed by atoms with Gasteiger partial charge in [0.05, 0.1) is 32.8 Å². The Morgan fingerprint density at radius 1 is 1.12 bits per heavy atom. The van der Waals surface area contributed by atoms with Crippen LogP contribution in [0, 0.1) is 5.92 Å². The number of hydrogen-bond donors (Lipinski definition) is 1. The van der Waals surface area contributed by atoms with Gasteiger partial charge in [0.15, 0.2) is 5.92 Å². The van der Waals surface area contributed by atoms with Crippen molar-refractivity contribution in [1.82, 2.24) is 4.90 Å². The van der Waals surface area contributed by atoms with Crippen LogP contribution in [0.4, 0.5) is 4.79 Å². The fraction of sp³-hybridized carbons (Fsp3) is 0.654. The monoisotopic (exact) mass is 461 g/mol. The van der Waals surface area contributed by atoms with Gasteiger partial charge in [-0.2, -0.15) is 4.48 Å². The normalized spacial score (nSPS) is 18.6. The molecule has 0 radical (unpaired) electrons. The van der Waals surface area contributed by atoms with Crippen molar-refractivity contribution in [3.8, 4) is 0 Å². The van der Waals surface area contributed by atoms with E-state index in [1.54, 1.807) is 11.9 Å². The molecule has 0 aliphatic carbocycles. The van der Waals surface area contributed by atoms with Crippen LogP contribution in [0.15, 0.2) is 30.3 Å². The Labute approximate surface area is 198 Å². The van der Waals surface area contributed by atoms with Gasteiger partial charge in [-0.15, -0.1) is 0 Å². The molecule has 0 saturated carbocycles. The molecular formula is C26H41N2O5+. The highest BCUT2D eigenvalue weighted by Gasteiger charge is 2.50. The molecule has 1 N–H and O–H groups in total. The lowest BCUT2D eigenvalue weighted by Gasteiger charge is -2.35. The highest BCUT2D eigenvalue weighted by atomic mass is 16.5. The summed E-state index contributed by atoms with van der Waals surface area (Å²) in [4.78, 5) is 40.9. The van der Waals surface area contributed by atoms with Gasteiger partial charge in [0.25, 0.3) is 0 Å². The van der Waals surface area contributed by atoms with Gasteiger partial charge in [0.2, 0.25) is 0 Å². The van der Waals surface area contributed by atoms with Gasteiger partial charge in [0.1, 0.15) is 0 Å². The van der Waals surface area contributed by atoms with E-state index in [2.05, 4.69) is 6.92 Å². The van der Waals surface area contributed by atoms with Crippen LogP contribution in [-0.4, -0.2) is 65.2 Å². The minimum Gasteiger partial charge on any atom is -0.481 e. The van der Waals surface area contributed by atoms with Gasteiger partial charge in [-0.05, 0) is 31.2 Å². The number of nitrogens with zero attached hydrogens (tertiary/aromatic N) is 2. The number of imide groups is 1. The maximum Gasteiger partial charge on any atom is 0.426 e. The van der Waals surface area contributed by atoms with Gasteiger partial charge in [0, 0.05) is 6.54 Å². The predicted molar refractivity (Wildman–Crippen MR) is 127 cm³/mol. The standard InChI is InChI=1S/C26H40N2O5/c1-4-6-7-11-16-23(25(30)31)24(29)28(3,18-5-2)26(32)27-17-12-15-22(27)20-33-19-21-13-9-8-10-14-21/h8-10,13-14,22-23H,4-7,11-12,15-20H2,1-3H3/p+1/t22-,23+,28+/m1/s1. The lowest BCUT2D eigenvalue weighted by atomic mass is 9.98. The molecule has 0 unspecified atom stereocenters. The summed E-state index contributed by atoms with van der Waals surface area (Å²) >= 11 is 0. The second-order valence-electron chi connectivity index (χ2n) is 9.27. The first kappa shape index (κ1) is 27.0. The molecule has 0 aromatic heterocycles. The van der Waals surface area contributed by atoms with E-state index < -0.39 is 22.3 Å². The number of carbonyl (C=O) groups is 3. The van der Waals surface area contributed by atoms with E-state index in [-0.39, 0.29) is 18.5 Å². The van der Waals surface area contributed by atoms with Crippen LogP contribution in [0.25, 0.3) is 0 Å². The van der Waals surface area contributed by atoms with E-state index in [4.69, 9.17) is 4.74 Å². The molecule has 1 aromatic rings. The maximum absolute atomic E-state index is 13.7. The van der Waals surface area contributed by atoms with Crippen LogP contribution in [0.1, 0.15) is 70.8 Å². The van der Waals surface area contributed by atoms with Crippen LogP contribution in [0.3, 0.4) is 0 Å². The van der Waals surface area contributed by atoms with Crippen molar-refractivity contribution >= 4 is 17.9 Å². The number of carboxylic acid groups (broad SMARTS) is 1. The number of amides is 3. The number of ether oxygens (including phenoxy) is 1. The Bertz CT molecular complexity index is 769. The molecule has 1 heterocycles. The number of likely N-dealkylation sites (tertiary alicyclic amines) is 1. The molecule has 2 rings (SSSR count). The quantitative estimate of drug-likeness (QED) is 0.258. The number of urea groups is 1. The number of carbonyl (C=O) groups excluding carboxylic acids is 2. The lowest BCUT2D eigenvalue weighted by Crippen LogP contribution is -2.63. The Balaban J connectivity index is 2.09. The van der Waals surface area contributed by atoms with Gasteiger partial charge in [-0.3, -0.25) is 9.69 Å².